The van der Waals surface area contributed by atoms with Crippen LogP contribution in [0.5, 0.6) is 0 Å². The minimum Gasteiger partial charge on any atom is -0.383 e. The predicted molar refractivity (Wildman–Crippen MR) is 78.5 cm³/mol. The summed E-state index contributed by atoms with van der Waals surface area (Å²) in [5, 5.41) is 0. The third-order valence-corrected chi connectivity index (χ3v) is 4.30. The van der Waals surface area contributed by atoms with Gasteiger partial charge >= 0.3 is 0 Å². The van der Waals surface area contributed by atoms with E-state index in [4.69, 9.17) is 9.47 Å². The van der Waals surface area contributed by atoms with Crippen LogP contribution >= 0.6 is 0 Å². The first-order valence-corrected chi connectivity index (χ1v) is 7.81. The number of carbonyl (C=O) groups is 1. The topological polar surface area (TPSA) is 38.8 Å². The highest BCUT2D eigenvalue weighted by Crippen LogP contribution is 2.22. The largest absolute Gasteiger partial charge is 0.383 e. The average Bonchev–Trinajstić information content (AvgIpc) is 2.52. The van der Waals surface area contributed by atoms with Crippen LogP contribution in [0.1, 0.15) is 32.1 Å². The van der Waals surface area contributed by atoms with Gasteiger partial charge in [0.05, 0.1) is 6.61 Å². The molecule has 1 aliphatic carbocycles. The predicted octanol–water partition coefficient (Wildman–Crippen LogP) is 2.24. The Morgan fingerprint density at radius 3 is 2.75 bits per heavy atom. The first-order chi connectivity index (χ1) is 9.81. The number of rotatable bonds is 6. The Labute approximate surface area is 122 Å². The van der Waals surface area contributed by atoms with Crippen LogP contribution in [0.25, 0.3) is 0 Å². The summed E-state index contributed by atoms with van der Waals surface area (Å²) in [7, 11) is 1.69. The maximum Gasteiger partial charge on any atom is 0.225 e. The molecule has 4 nitrogen and oxygen atoms in total. The lowest BCUT2D eigenvalue weighted by Gasteiger charge is -2.32. The molecule has 1 amide bonds. The smallest absolute Gasteiger partial charge is 0.225 e. The van der Waals surface area contributed by atoms with E-state index in [1.807, 2.05) is 4.90 Å². The molecule has 0 saturated carbocycles. The fraction of sp³-hybridized carbons (Fsp3) is 0.812. The van der Waals surface area contributed by atoms with E-state index in [0.29, 0.717) is 25.0 Å². The van der Waals surface area contributed by atoms with Gasteiger partial charge in [-0.1, -0.05) is 12.2 Å². The van der Waals surface area contributed by atoms with Crippen LogP contribution in [-0.2, 0) is 14.3 Å². The molecule has 0 radical (unpaired) electrons. The zero-order valence-electron chi connectivity index (χ0n) is 12.6. The standard InChI is InChI=1S/C16H27NO3/c1-19-12-9-17(13-14-5-3-2-4-6-14)16(18)15-7-10-20-11-8-15/h2-3,14-15H,4-13H2,1H3/t14-/m0/s1. The van der Waals surface area contributed by atoms with Crippen molar-refractivity contribution in [2.45, 2.75) is 32.1 Å². The molecule has 4 heteroatoms. The first kappa shape index (κ1) is 15.5. The second kappa shape index (κ2) is 8.42. The summed E-state index contributed by atoms with van der Waals surface area (Å²) < 4.78 is 10.5. The van der Waals surface area contributed by atoms with Crippen molar-refractivity contribution in [2.24, 2.45) is 11.8 Å². The lowest BCUT2D eigenvalue weighted by atomic mass is 9.92. The van der Waals surface area contributed by atoms with Crippen LogP contribution in [0.2, 0.25) is 0 Å². The van der Waals surface area contributed by atoms with Gasteiger partial charge in [-0.15, -0.1) is 0 Å². The molecule has 20 heavy (non-hydrogen) atoms. The number of hydrogen-bond donors (Lipinski definition) is 0. The number of methoxy groups -OCH3 is 1. The van der Waals surface area contributed by atoms with Gasteiger partial charge in [-0.25, -0.2) is 0 Å². The second-order valence-electron chi connectivity index (χ2n) is 5.81. The Balaban J connectivity index is 1.90. The van der Waals surface area contributed by atoms with Gasteiger partial charge in [-0.05, 0) is 38.0 Å². The quantitative estimate of drug-likeness (QED) is 0.701. The maximum atomic E-state index is 12.7. The van der Waals surface area contributed by atoms with Crippen LogP contribution in [0.15, 0.2) is 12.2 Å². The van der Waals surface area contributed by atoms with Crippen molar-refractivity contribution in [1.82, 2.24) is 4.90 Å². The normalized spacial score (nSPS) is 23.8. The Bertz CT molecular complexity index is 324. The Morgan fingerprint density at radius 1 is 1.30 bits per heavy atom. The molecule has 0 aromatic heterocycles. The zero-order valence-corrected chi connectivity index (χ0v) is 12.6. The Hall–Kier alpha value is -0.870. The maximum absolute atomic E-state index is 12.7. The van der Waals surface area contributed by atoms with Crippen molar-refractivity contribution in [2.75, 3.05) is 40.0 Å². The van der Waals surface area contributed by atoms with Crippen LogP contribution in [0.4, 0.5) is 0 Å². The molecule has 1 fully saturated rings. The van der Waals surface area contributed by atoms with Crippen molar-refractivity contribution in [3.63, 3.8) is 0 Å². The molecule has 2 rings (SSSR count). The van der Waals surface area contributed by atoms with Crippen molar-refractivity contribution in [3.05, 3.63) is 12.2 Å². The highest BCUT2D eigenvalue weighted by Gasteiger charge is 2.27. The van der Waals surface area contributed by atoms with E-state index < -0.39 is 0 Å². The van der Waals surface area contributed by atoms with Gasteiger partial charge in [0, 0.05) is 39.3 Å². The van der Waals surface area contributed by atoms with Gasteiger partial charge in [0.15, 0.2) is 0 Å². The average molecular weight is 281 g/mol. The van der Waals surface area contributed by atoms with Crippen LogP contribution in [-0.4, -0.2) is 50.8 Å². The Morgan fingerprint density at radius 2 is 2.10 bits per heavy atom. The van der Waals surface area contributed by atoms with Gasteiger partial charge in [0.25, 0.3) is 0 Å². The molecule has 0 N–H and O–H groups in total. The van der Waals surface area contributed by atoms with E-state index in [0.717, 1.165) is 45.4 Å². The molecule has 0 spiro atoms. The fourth-order valence-corrected chi connectivity index (χ4v) is 3.03. The van der Waals surface area contributed by atoms with E-state index in [-0.39, 0.29) is 5.92 Å². The van der Waals surface area contributed by atoms with Crippen molar-refractivity contribution >= 4 is 5.91 Å². The van der Waals surface area contributed by atoms with E-state index in [9.17, 15) is 4.79 Å². The van der Waals surface area contributed by atoms with E-state index in [1.54, 1.807) is 7.11 Å². The summed E-state index contributed by atoms with van der Waals surface area (Å²) in [5.74, 6) is 1.07. The molecular weight excluding hydrogens is 254 g/mol. The SMILES string of the molecule is COCCN(C[C@H]1CC=CCC1)C(=O)C1CCOCC1. The zero-order chi connectivity index (χ0) is 14.2. The monoisotopic (exact) mass is 281 g/mol. The molecule has 0 aromatic rings. The number of amides is 1. The minimum absolute atomic E-state index is 0.153. The number of nitrogens with zero attached hydrogens (tertiary/aromatic N) is 1. The van der Waals surface area contributed by atoms with Gasteiger partial charge in [-0.3, -0.25) is 4.79 Å². The number of carbonyl (C=O) groups excluding carboxylic acids is 1. The molecule has 1 atom stereocenters. The highest BCUT2D eigenvalue weighted by atomic mass is 16.5. The third-order valence-electron chi connectivity index (χ3n) is 4.30. The Kier molecular flexibility index (Phi) is 6.54. The van der Waals surface area contributed by atoms with E-state index in [1.165, 1.54) is 6.42 Å². The third kappa shape index (κ3) is 4.60. The van der Waals surface area contributed by atoms with Crippen molar-refractivity contribution < 1.29 is 14.3 Å². The number of ether oxygens (including phenoxy) is 2. The molecule has 114 valence electrons. The van der Waals surface area contributed by atoms with Gasteiger partial charge in [0.2, 0.25) is 5.91 Å². The number of allylic oxidation sites excluding steroid dienone is 2. The van der Waals surface area contributed by atoms with Gasteiger partial charge in [-0.2, -0.15) is 0 Å². The van der Waals surface area contributed by atoms with Crippen LogP contribution in [0, 0.1) is 11.8 Å². The minimum atomic E-state index is 0.153. The van der Waals surface area contributed by atoms with Crippen LogP contribution in [0.3, 0.4) is 0 Å². The van der Waals surface area contributed by atoms with Crippen molar-refractivity contribution in [1.29, 1.82) is 0 Å². The van der Waals surface area contributed by atoms with Crippen molar-refractivity contribution in [3.8, 4) is 0 Å². The highest BCUT2D eigenvalue weighted by molar-refractivity contribution is 5.79. The fourth-order valence-electron chi connectivity index (χ4n) is 3.03. The van der Waals surface area contributed by atoms with Gasteiger partial charge < -0.3 is 14.4 Å². The molecule has 1 saturated heterocycles. The van der Waals surface area contributed by atoms with Gasteiger partial charge in [0.1, 0.15) is 0 Å². The molecular formula is C16H27NO3. The lowest BCUT2D eigenvalue weighted by Crippen LogP contribution is -2.43. The number of hydrogen-bond acceptors (Lipinski definition) is 3. The summed E-state index contributed by atoms with van der Waals surface area (Å²) in [6, 6.07) is 0. The summed E-state index contributed by atoms with van der Waals surface area (Å²) in [6.07, 6.45) is 9.68. The molecule has 0 bridgehead atoms. The summed E-state index contributed by atoms with van der Waals surface area (Å²) >= 11 is 0. The summed E-state index contributed by atoms with van der Waals surface area (Å²) in [4.78, 5) is 14.7. The first-order valence-electron chi connectivity index (χ1n) is 7.81. The molecule has 1 heterocycles. The van der Waals surface area contributed by atoms with Crippen LogP contribution < -0.4 is 0 Å². The lowest BCUT2D eigenvalue weighted by molar-refractivity contribution is -0.139. The second-order valence-corrected chi connectivity index (χ2v) is 5.81. The molecule has 0 aromatic carbocycles. The summed E-state index contributed by atoms with van der Waals surface area (Å²) in [5.41, 5.74) is 0. The summed E-state index contributed by atoms with van der Waals surface area (Å²) in [6.45, 7) is 3.66. The molecule has 2 aliphatic rings. The molecule has 1 aliphatic heterocycles. The molecule has 0 unspecified atom stereocenters. The van der Waals surface area contributed by atoms with E-state index >= 15 is 0 Å². The van der Waals surface area contributed by atoms with E-state index in [2.05, 4.69) is 12.2 Å².